The van der Waals surface area contributed by atoms with Crippen LogP contribution in [-0.4, -0.2) is 24.5 Å². The molecule has 1 fully saturated rings. The number of unbranched alkanes of at least 4 members (excludes halogenated alkanes) is 4. The minimum atomic E-state index is -0.490. The van der Waals surface area contributed by atoms with E-state index in [1.807, 2.05) is 20.8 Å². The van der Waals surface area contributed by atoms with Crippen molar-refractivity contribution in [2.75, 3.05) is 7.11 Å². The second-order valence-electron chi connectivity index (χ2n) is 8.95. The van der Waals surface area contributed by atoms with E-state index in [2.05, 4.69) is 6.92 Å². The van der Waals surface area contributed by atoms with E-state index in [0.29, 0.717) is 12.0 Å². The van der Waals surface area contributed by atoms with Gasteiger partial charge in [0.25, 0.3) is 0 Å². The Hall–Kier alpha value is -1.84. The number of carbonyl (C=O) groups is 2. The molecule has 0 saturated heterocycles. The first-order chi connectivity index (χ1) is 13.3. The Kier molecular flexibility index (Phi) is 8.09. The van der Waals surface area contributed by atoms with Gasteiger partial charge in [-0.15, -0.1) is 0 Å². The summed E-state index contributed by atoms with van der Waals surface area (Å²) >= 11 is 0. The van der Waals surface area contributed by atoms with Crippen LogP contribution in [0.1, 0.15) is 83.0 Å². The first-order valence-corrected chi connectivity index (χ1v) is 10.7. The van der Waals surface area contributed by atoms with Gasteiger partial charge >= 0.3 is 5.97 Å². The molecule has 0 spiro atoms. The molecule has 0 heterocycles. The molecular formula is C24H36O4. The molecule has 0 aliphatic heterocycles. The lowest BCUT2D eigenvalue weighted by Crippen LogP contribution is -2.25. The van der Waals surface area contributed by atoms with Gasteiger partial charge in [-0.2, -0.15) is 0 Å². The molecule has 28 heavy (non-hydrogen) atoms. The van der Waals surface area contributed by atoms with Gasteiger partial charge < -0.3 is 9.47 Å². The highest BCUT2D eigenvalue weighted by Crippen LogP contribution is 2.53. The molecule has 4 nitrogen and oxygen atoms in total. The predicted octanol–water partition coefficient (Wildman–Crippen LogP) is 5.83. The number of esters is 1. The Balaban J connectivity index is 1.96. The predicted molar refractivity (Wildman–Crippen MR) is 112 cm³/mol. The van der Waals surface area contributed by atoms with E-state index >= 15 is 0 Å². The van der Waals surface area contributed by atoms with E-state index in [4.69, 9.17) is 9.47 Å². The van der Waals surface area contributed by atoms with Crippen LogP contribution in [0.4, 0.5) is 0 Å². The largest absolute Gasteiger partial charge is 0.497 e. The Bertz CT molecular complexity index is 642. The van der Waals surface area contributed by atoms with Crippen molar-refractivity contribution in [2.45, 2.75) is 78.2 Å². The number of methoxy groups -OCH3 is 1. The third-order valence-electron chi connectivity index (χ3n) is 5.48. The molecule has 0 bridgehead atoms. The lowest BCUT2D eigenvalue weighted by atomic mass is 10.0. The Labute approximate surface area is 170 Å². The van der Waals surface area contributed by atoms with E-state index in [0.717, 1.165) is 18.6 Å². The summed E-state index contributed by atoms with van der Waals surface area (Å²) in [5.74, 6) is 0.940. The van der Waals surface area contributed by atoms with Crippen LogP contribution in [0.25, 0.3) is 0 Å². The molecule has 1 aromatic rings. The summed E-state index contributed by atoms with van der Waals surface area (Å²) in [7, 11) is 1.61. The second-order valence-corrected chi connectivity index (χ2v) is 8.95. The van der Waals surface area contributed by atoms with Crippen LogP contribution < -0.4 is 4.74 Å². The van der Waals surface area contributed by atoms with Crippen LogP contribution in [0, 0.1) is 17.8 Å². The molecular weight excluding hydrogens is 352 g/mol. The van der Waals surface area contributed by atoms with Crippen molar-refractivity contribution in [2.24, 2.45) is 17.8 Å². The van der Waals surface area contributed by atoms with Crippen LogP contribution >= 0.6 is 0 Å². The molecule has 0 radical (unpaired) electrons. The van der Waals surface area contributed by atoms with Crippen LogP contribution in [0.15, 0.2) is 24.3 Å². The third-order valence-corrected chi connectivity index (χ3v) is 5.48. The Morgan fingerprint density at radius 3 is 2.18 bits per heavy atom. The lowest BCUT2D eigenvalue weighted by Gasteiger charge is -2.19. The van der Waals surface area contributed by atoms with Crippen LogP contribution in [0.2, 0.25) is 0 Å². The normalized spacial score (nSPS) is 21.2. The standard InChI is InChI=1S/C24H36O4/c1-6-7-8-9-10-11-19-20(22(19)23(26)28-24(2,3)4)16-21(25)17-12-14-18(27-5)15-13-17/h12-15,19-20,22H,6-11,16H2,1-5H3/t19-,20-,22-/m0/s1. The topological polar surface area (TPSA) is 52.6 Å². The molecule has 2 rings (SSSR count). The average Bonchev–Trinajstić information content (AvgIpc) is 3.32. The molecule has 4 heteroatoms. The van der Waals surface area contributed by atoms with Gasteiger partial charge in [-0.3, -0.25) is 9.59 Å². The van der Waals surface area contributed by atoms with E-state index in [1.54, 1.807) is 31.4 Å². The smallest absolute Gasteiger partial charge is 0.310 e. The maximum Gasteiger partial charge on any atom is 0.310 e. The Morgan fingerprint density at radius 1 is 0.964 bits per heavy atom. The number of ether oxygens (including phenoxy) is 2. The Morgan fingerprint density at radius 2 is 1.61 bits per heavy atom. The van der Waals surface area contributed by atoms with Crippen LogP contribution in [0.5, 0.6) is 5.75 Å². The van der Waals surface area contributed by atoms with Crippen molar-refractivity contribution in [3.05, 3.63) is 29.8 Å². The molecule has 1 aliphatic rings. The zero-order valence-corrected chi connectivity index (χ0v) is 18.1. The molecule has 0 N–H and O–H groups in total. The van der Waals surface area contributed by atoms with Gasteiger partial charge in [0.05, 0.1) is 13.0 Å². The average molecular weight is 389 g/mol. The van der Waals surface area contributed by atoms with Crippen molar-refractivity contribution in [3.63, 3.8) is 0 Å². The van der Waals surface area contributed by atoms with E-state index in [9.17, 15) is 9.59 Å². The number of carbonyl (C=O) groups excluding carboxylic acids is 2. The summed E-state index contributed by atoms with van der Waals surface area (Å²) in [5, 5.41) is 0. The van der Waals surface area contributed by atoms with Gasteiger partial charge in [-0.05, 0) is 63.3 Å². The number of rotatable bonds is 11. The fraction of sp³-hybridized carbons (Fsp3) is 0.667. The van der Waals surface area contributed by atoms with Gasteiger partial charge in [0, 0.05) is 12.0 Å². The highest BCUT2D eigenvalue weighted by Gasteiger charge is 2.55. The van der Waals surface area contributed by atoms with Crippen LogP contribution in [0.3, 0.4) is 0 Å². The summed E-state index contributed by atoms with van der Waals surface area (Å²) in [5.41, 5.74) is 0.188. The zero-order valence-electron chi connectivity index (χ0n) is 18.1. The van der Waals surface area contributed by atoms with Crippen LogP contribution in [-0.2, 0) is 9.53 Å². The van der Waals surface area contributed by atoms with Crippen molar-refractivity contribution < 1.29 is 19.1 Å². The second kappa shape index (κ2) is 10.1. The number of benzene rings is 1. The molecule has 0 unspecified atom stereocenters. The molecule has 0 amide bonds. The summed E-state index contributed by atoms with van der Waals surface area (Å²) < 4.78 is 10.8. The SMILES string of the molecule is CCCCCCC[C@H]1[C@H](CC(=O)c2ccc(OC)cc2)[C@H]1C(=O)OC(C)(C)C. The van der Waals surface area contributed by atoms with Gasteiger partial charge in [0.1, 0.15) is 11.4 Å². The molecule has 1 aliphatic carbocycles. The minimum Gasteiger partial charge on any atom is -0.497 e. The van der Waals surface area contributed by atoms with Crippen molar-refractivity contribution >= 4 is 11.8 Å². The lowest BCUT2D eigenvalue weighted by molar-refractivity contribution is -0.157. The fourth-order valence-electron chi connectivity index (χ4n) is 3.93. The van der Waals surface area contributed by atoms with Gasteiger partial charge in [0.15, 0.2) is 5.78 Å². The third kappa shape index (κ3) is 6.65. The monoisotopic (exact) mass is 388 g/mol. The van der Waals surface area contributed by atoms with Crippen molar-refractivity contribution in [1.29, 1.82) is 0 Å². The highest BCUT2D eigenvalue weighted by molar-refractivity contribution is 5.97. The van der Waals surface area contributed by atoms with E-state index in [1.165, 1.54) is 25.7 Å². The molecule has 1 aromatic carbocycles. The molecule has 0 aromatic heterocycles. The first kappa shape index (κ1) is 22.4. The zero-order chi connectivity index (χ0) is 20.7. The number of hydrogen-bond acceptors (Lipinski definition) is 4. The summed E-state index contributed by atoms with van der Waals surface area (Å²) in [6, 6.07) is 7.20. The summed E-state index contributed by atoms with van der Waals surface area (Å²) in [6.07, 6.45) is 7.48. The van der Waals surface area contributed by atoms with Crippen molar-refractivity contribution in [1.82, 2.24) is 0 Å². The number of ketones is 1. The maximum atomic E-state index is 12.7. The molecule has 3 atom stereocenters. The van der Waals surface area contributed by atoms with Gasteiger partial charge in [-0.25, -0.2) is 0 Å². The number of hydrogen-bond donors (Lipinski definition) is 0. The van der Waals surface area contributed by atoms with E-state index < -0.39 is 5.60 Å². The minimum absolute atomic E-state index is 0.0923. The molecule has 1 saturated carbocycles. The fourth-order valence-corrected chi connectivity index (χ4v) is 3.93. The first-order valence-electron chi connectivity index (χ1n) is 10.7. The summed E-state index contributed by atoms with van der Waals surface area (Å²) in [4.78, 5) is 25.3. The number of Topliss-reactive ketones (excluding diaryl/α,β-unsaturated/α-hetero) is 1. The quantitative estimate of drug-likeness (QED) is 0.272. The van der Waals surface area contributed by atoms with Crippen molar-refractivity contribution in [3.8, 4) is 5.75 Å². The maximum absolute atomic E-state index is 12.7. The van der Waals surface area contributed by atoms with Gasteiger partial charge in [-0.1, -0.05) is 39.0 Å². The van der Waals surface area contributed by atoms with E-state index in [-0.39, 0.29) is 29.5 Å². The highest BCUT2D eigenvalue weighted by atomic mass is 16.6. The molecule has 156 valence electrons. The van der Waals surface area contributed by atoms with Gasteiger partial charge in [0.2, 0.25) is 0 Å². The summed E-state index contributed by atoms with van der Waals surface area (Å²) in [6.45, 7) is 7.89.